The lowest BCUT2D eigenvalue weighted by atomic mass is 9.89. The molecule has 2 atom stereocenters. The molecule has 2 rings (SSSR count). The Labute approximate surface area is 146 Å². The van der Waals surface area contributed by atoms with E-state index in [1.807, 2.05) is 0 Å². The molecule has 0 radical (unpaired) electrons. The summed E-state index contributed by atoms with van der Waals surface area (Å²) in [6.07, 6.45) is 0. The fraction of sp³-hybridized carbons (Fsp3) is 0.412. The van der Waals surface area contributed by atoms with Gasteiger partial charge in [0, 0.05) is 12.8 Å². The van der Waals surface area contributed by atoms with E-state index in [0.717, 1.165) is 0 Å². The third kappa shape index (κ3) is 4.21. The van der Waals surface area contributed by atoms with Crippen molar-refractivity contribution < 1.29 is 28.5 Å². The Morgan fingerprint density at radius 1 is 1.16 bits per heavy atom. The van der Waals surface area contributed by atoms with Crippen LogP contribution in [0.5, 0.6) is 11.5 Å². The largest absolute Gasteiger partial charge is 0.493 e. The van der Waals surface area contributed by atoms with Crippen molar-refractivity contribution in [2.45, 2.75) is 6.04 Å². The highest BCUT2D eigenvalue weighted by atomic mass is 16.6. The van der Waals surface area contributed by atoms with E-state index in [0.29, 0.717) is 17.1 Å². The topological polar surface area (TPSA) is 95.1 Å². The molecule has 136 valence electrons. The quantitative estimate of drug-likeness (QED) is 0.570. The van der Waals surface area contributed by atoms with Gasteiger partial charge < -0.3 is 29.6 Å². The van der Waals surface area contributed by atoms with Crippen molar-refractivity contribution in [1.82, 2.24) is 10.6 Å². The van der Waals surface area contributed by atoms with Gasteiger partial charge in [-0.15, -0.1) is 0 Å². The van der Waals surface area contributed by atoms with Crippen LogP contribution in [0.25, 0.3) is 0 Å². The molecule has 1 aliphatic rings. The highest BCUT2D eigenvalue weighted by Gasteiger charge is 2.39. The number of ether oxygens (including phenoxy) is 4. The van der Waals surface area contributed by atoms with Crippen LogP contribution in [0.3, 0.4) is 0 Å². The fourth-order valence-corrected chi connectivity index (χ4v) is 2.60. The van der Waals surface area contributed by atoms with Crippen LogP contribution in [0.2, 0.25) is 0 Å². The molecule has 1 aliphatic heterocycles. The second-order valence-corrected chi connectivity index (χ2v) is 5.35. The van der Waals surface area contributed by atoms with Gasteiger partial charge in [-0.05, 0) is 17.7 Å². The number of carbonyl (C=O) groups excluding carboxylic acids is 2. The molecule has 1 aromatic carbocycles. The van der Waals surface area contributed by atoms with Crippen LogP contribution in [0.4, 0.5) is 4.79 Å². The number of benzene rings is 1. The van der Waals surface area contributed by atoms with Crippen molar-refractivity contribution in [2.75, 3.05) is 34.5 Å². The molecular weight excluding hydrogens is 328 g/mol. The minimum atomic E-state index is -0.785. The minimum Gasteiger partial charge on any atom is -0.493 e. The lowest BCUT2D eigenvalue weighted by molar-refractivity contribution is -0.149. The first-order valence-electron chi connectivity index (χ1n) is 7.65. The smallest absolute Gasteiger partial charge is 0.319 e. The van der Waals surface area contributed by atoms with Crippen LogP contribution in [-0.4, -0.2) is 46.5 Å². The molecule has 0 aliphatic carbocycles. The number of amides is 2. The van der Waals surface area contributed by atoms with Crippen LogP contribution in [0.1, 0.15) is 11.6 Å². The van der Waals surface area contributed by atoms with Gasteiger partial charge in [-0.25, -0.2) is 4.79 Å². The van der Waals surface area contributed by atoms with E-state index in [4.69, 9.17) is 18.9 Å². The summed E-state index contributed by atoms with van der Waals surface area (Å²) in [5.41, 5.74) is 0.938. The average molecular weight is 350 g/mol. The van der Waals surface area contributed by atoms with E-state index < -0.39 is 24.0 Å². The summed E-state index contributed by atoms with van der Waals surface area (Å²) in [4.78, 5) is 24.3. The van der Waals surface area contributed by atoms with Gasteiger partial charge in [0.05, 0.1) is 26.9 Å². The normalized spacial score (nSPS) is 19.6. The first kappa shape index (κ1) is 18.6. The summed E-state index contributed by atoms with van der Waals surface area (Å²) in [6.45, 7) is 4.19. The summed E-state index contributed by atoms with van der Waals surface area (Å²) in [7, 11) is 4.56. The monoisotopic (exact) mass is 350 g/mol. The Balaban J connectivity index is 2.31. The molecule has 0 spiro atoms. The maximum absolute atomic E-state index is 12.5. The van der Waals surface area contributed by atoms with E-state index >= 15 is 0 Å². The van der Waals surface area contributed by atoms with Crippen molar-refractivity contribution in [3.8, 4) is 11.5 Å². The lowest BCUT2D eigenvalue weighted by Gasteiger charge is -2.33. The molecule has 1 saturated heterocycles. The molecule has 1 heterocycles. The molecule has 0 aromatic heterocycles. The zero-order valence-electron chi connectivity index (χ0n) is 14.5. The van der Waals surface area contributed by atoms with Crippen molar-refractivity contribution >= 4 is 12.0 Å². The van der Waals surface area contributed by atoms with Gasteiger partial charge in [0.25, 0.3) is 0 Å². The first-order chi connectivity index (χ1) is 12.0. The van der Waals surface area contributed by atoms with Crippen molar-refractivity contribution in [2.24, 2.45) is 5.92 Å². The van der Waals surface area contributed by atoms with Gasteiger partial charge in [0.15, 0.2) is 11.5 Å². The van der Waals surface area contributed by atoms with Crippen molar-refractivity contribution in [3.05, 3.63) is 36.0 Å². The molecule has 2 amide bonds. The van der Waals surface area contributed by atoms with E-state index in [1.165, 1.54) is 21.3 Å². The molecule has 0 bridgehead atoms. The molecule has 0 unspecified atom stereocenters. The van der Waals surface area contributed by atoms with Crippen LogP contribution in [0, 0.1) is 5.92 Å². The molecular formula is C17H22N2O6. The van der Waals surface area contributed by atoms with E-state index in [9.17, 15) is 9.59 Å². The number of methoxy groups -OCH3 is 3. The Hall–Kier alpha value is -2.74. The van der Waals surface area contributed by atoms with E-state index in [2.05, 4.69) is 17.2 Å². The van der Waals surface area contributed by atoms with Crippen molar-refractivity contribution in [1.29, 1.82) is 0 Å². The number of nitrogens with one attached hydrogen (secondary N) is 2. The zero-order chi connectivity index (χ0) is 18.4. The van der Waals surface area contributed by atoms with Gasteiger partial charge in [-0.1, -0.05) is 12.6 Å². The Morgan fingerprint density at radius 2 is 1.88 bits per heavy atom. The molecule has 1 aromatic rings. The van der Waals surface area contributed by atoms with Crippen LogP contribution >= 0.6 is 0 Å². The van der Waals surface area contributed by atoms with Gasteiger partial charge >= 0.3 is 12.0 Å². The second kappa shape index (κ2) is 8.39. The van der Waals surface area contributed by atoms with E-state index in [-0.39, 0.29) is 18.9 Å². The summed E-state index contributed by atoms with van der Waals surface area (Å²) in [5.74, 6) is -0.253. The molecule has 0 saturated carbocycles. The summed E-state index contributed by atoms with van der Waals surface area (Å²) >= 11 is 0. The number of rotatable bonds is 7. The predicted molar refractivity (Wildman–Crippen MR) is 89.4 cm³/mol. The SMILES string of the molecule is C=C1NC(=O)N[C@H](c2ccc(OC)c(OC)c2)[C@H]1C(=O)OCCOC. The lowest BCUT2D eigenvalue weighted by Crippen LogP contribution is -2.51. The molecule has 2 N–H and O–H groups in total. The van der Waals surface area contributed by atoms with E-state index in [1.54, 1.807) is 18.2 Å². The number of hydrogen-bond acceptors (Lipinski definition) is 6. The second-order valence-electron chi connectivity index (χ2n) is 5.35. The maximum atomic E-state index is 12.5. The molecule has 8 heteroatoms. The number of esters is 1. The third-order valence-electron chi connectivity index (χ3n) is 3.82. The van der Waals surface area contributed by atoms with Crippen LogP contribution in [-0.2, 0) is 14.3 Å². The maximum Gasteiger partial charge on any atom is 0.319 e. The highest BCUT2D eigenvalue weighted by molar-refractivity contribution is 5.85. The fourth-order valence-electron chi connectivity index (χ4n) is 2.60. The molecule has 1 fully saturated rings. The summed E-state index contributed by atoms with van der Waals surface area (Å²) < 4.78 is 20.6. The first-order valence-corrected chi connectivity index (χ1v) is 7.65. The van der Waals surface area contributed by atoms with Gasteiger partial charge in [0.2, 0.25) is 0 Å². The minimum absolute atomic E-state index is 0.117. The average Bonchev–Trinajstić information content (AvgIpc) is 2.60. The van der Waals surface area contributed by atoms with Crippen LogP contribution in [0.15, 0.2) is 30.5 Å². The Morgan fingerprint density at radius 3 is 2.52 bits per heavy atom. The highest BCUT2D eigenvalue weighted by Crippen LogP contribution is 2.35. The Kier molecular flexibility index (Phi) is 6.24. The van der Waals surface area contributed by atoms with Gasteiger partial charge in [-0.3, -0.25) is 4.79 Å². The number of urea groups is 1. The number of carbonyl (C=O) groups is 2. The van der Waals surface area contributed by atoms with Crippen molar-refractivity contribution in [3.63, 3.8) is 0 Å². The van der Waals surface area contributed by atoms with Crippen LogP contribution < -0.4 is 20.1 Å². The standard InChI is InChI=1S/C17H22N2O6/c1-10-14(16(20)25-8-7-22-2)15(19-17(21)18-10)11-5-6-12(23-3)13(9-11)24-4/h5-6,9,14-15H,1,7-8H2,2-4H3,(H2,18,19,21)/t14-,15+/m0/s1. The summed E-state index contributed by atoms with van der Waals surface area (Å²) in [5, 5.41) is 5.25. The molecule has 25 heavy (non-hydrogen) atoms. The van der Waals surface area contributed by atoms with Gasteiger partial charge in [-0.2, -0.15) is 0 Å². The number of hydrogen-bond donors (Lipinski definition) is 2. The third-order valence-corrected chi connectivity index (χ3v) is 3.82. The molecule has 8 nitrogen and oxygen atoms in total. The zero-order valence-corrected chi connectivity index (χ0v) is 14.5. The predicted octanol–water partition coefficient (Wildman–Crippen LogP) is 1.38. The van der Waals surface area contributed by atoms with Gasteiger partial charge in [0.1, 0.15) is 12.5 Å². The Bertz CT molecular complexity index is 661. The summed E-state index contributed by atoms with van der Waals surface area (Å²) in [6, 6.07) is 4.08.